The molecule has 3 atom stereocenters. The van der Waals surface area contributed by atoms with E-state index in [1.807, 2.05) is 13.8 Å². The maximum absolute atomic E-state index is 12.5. The van der Waals surface area contributed by atoms with Gasteiger partial charge in [0.2, 0.25) is 0 Å². The van der Waals surface area contributed by atoms with Gasteiger partial charge in [-0.15, -0.1) is 0 Å². The average molecular weight is 303 g/mol. The zero-order chi connectivity index (χ0) is 16.2. The van der Waals surface area contributed by atoms with Crippen molar-refractivity contribution in [2.24, 2.45) is 17.6 Å². The number of nitrogens with two attached hydrogens (primary N) is 1. The lowest BCUT2D eigenvalue weighted by Gasteiger charge is -2.23. The summed E-state index contributed by atoms with van der Waals surface area (Å²) >= 11 is 0. The standard InChI is InChI=1S/C15H20F3NO2/c1-9(7-12(8-19)14(20)21)10(2)11-3-5-13(6-4-11)15(16,17)18/h3-6,9-10,12H,7-8,19H2,1-2H3,(H,20,21). The van der Waals surface area contributed by atoms with Gasteiger partial charge in [-0.3, -0.25) is 4.79 Å². The maximum Gasteiger partial charge on any atom is 0.416 e. The number of hydrogen-bond donors (Lipinski definition) is 2. The van der Waals surface area contributed by atoms with Gasteiger partial charge in [-0.1, -0.05) is 26.0 Å². The van der Waals surface area contributed by atoms with E-state index in [0.29, 0.717) is 6.42 Å². The molecule has 21 heavy (non-hydrogen) atoms. The fraction of sp³-hybridized carbons (Fsp3) is 0.533. The van der Waals surface area contributed by atoms with Crippen LogP contribution in [0.1, 0.15) is 37.3 Å². The summed E-state index contributed by atoms with van der Waals surface area (Å²) in [4.78, 5) is 11.0. The minimum atomic E-state index is -4.35. The second kappa shape index (κ2) is 6.93. The number of carboxylic acid groups (broad SMARTS) is 1. The van der Waals surface area contributed by atoms with Crippen LogP contribution < -0.4 is 5.73 Å². The zero-order valence-corrected chi connectivity index (χ0v) is 12.0. The Labute approximate surface area is 122 Å². The summed E-state index contributed by atoms with van der Waals surface area (Å²) in [5.41, 5.74) is 5.50. The van der Waals surface area contributed by atoms with Crippen LogP contribution in [0.2, 0.25) is 0 Å². The van der Waals surface area contributed by atoms with Gasteiger partial charge in [0, 0.05) is 6.54 Å². The molecule has 0 bridgehead atoms. The molecule has 0 saturated heterocycles. The van der Waals surface area contributed by atoms with E-state index in [-0.39, 0.29) is 18.4 Å². The topological polar surface area (TPSA) is 63.3 Å². The molecule has 1 aromatic rings. The molecule has 0 aromatic heterocycles. The van der Waals surface area contributed by atoms with Gasteiger partial charge >= 0.3 is 12.1 Å². The summed E-state index contributed by atoms with van der Waals surface area (Å²) in [6, 6.07) is 5.00. The summed E-state index contributed by atoms with van der Waals surface area (Å²) in [7, 11) is 0. The molecule has 0 heterocycles. The first kappa shape index (κ1) is 17.5. The highest BCUT2D eigenvalue weighted by molar-refractivity contribution is 5.70. The first-order valence-corrected chi connectivity index (χ1v) is 6.76. The number of alkyl halides is 3. The van der Waals surface area contributed by atoms with Crippen LogP contribution in [0.25, 0.3) is 0 Å². The molecular weight excluding hydrogens is 283 g/mol. The summed E-state index contributed by atoms with van der Waals surface area (Å²) in [5.74, 6) is -1.60. The normalized spacial score (nSPS) is 16.3. The molecule has 6 heteroatoms. The SMILES string of the molecule is CC(CC(CN)C(=O)O)C(C)c1ccc(C(F)(F)F)cc1. The van der Waals surface area contributed by atoms with Gasteiger partial charge in [-0.05, 0) is 36.0 Å². The number of benzene rings is 1. The lowest BCUT2D eigenvalue weighted by molar-refractivity contribution is -0.142. The van der Waals surface area contributed by atoms with Crippen molar-refractivity contribution in [3.8, 4) is 0 Å². The number of aliphatic carboxylic acids is 1. The first-order chi connectivity index (χ1) is 9.66. The molecule has 118 valence electrons. The van der Waals surface area contributed by atoms with Crippen LogP contribution in [0.5, 0.6) is 0 Å². The molecule has 0 aliphatic heterocycles. The third kappa shape index (κ3) is 4.74. The van der Waals surface area contributed by atoms with Crippen LogP contribution >= 0.6 is 0 Å². The van der Waals surface area contributed by atoms with E-state index in [0.717, 1.165) is 17.7 Å². The van der Waals surface area contributed by atoms with Crippen molar-refractivity contribution in [2.75, 3.05) is 6.54 Å². The van der Waals surface area contributed by atoms with Gasteiger partial charge in [0.1, 0.15) is 0 Å². The van der Waals surface area contributed by atoms with E-state index in [1.54, 1.807) is 0 Å². The van der Waals surface area contributed by atoms with Crippen LogP contribution in [0, 0.1) is 11.8 Å². The highest BCUT2D eigenvalue weighted by Gasteiger charge is 2.30. The Balaban J connectivity index is 2.78. The number of carbonyl (C=O) groups is 1. The molecule has 0 saturated carbocycles. The second-order valence-electron chi connectivity index (χ2n) is 5.39. The number of carboxylic acids is 1. The van der Waals surface area contributed by atoms with Gasteiger partial charge in [0.15, 0.2) is 0 Å². The van der Waals surface area contributed by atoms with Gasteiger partial charge < -0.3 is 10.8 Å². The second-order valence-corrected chi connectivity index (χ2v) is 5.39. The lowest BCUT2D eigenvalue weighted by Crippen LogP contribution is -2.26. The average Bonchev–Trinajstić information content (AvgIpc) is 2.42. The molecule has 0 radical (unpaired) electrons. The van der Waals surface area contributed by atoms with E-state index >= 15 is 0 Å². The fourth-order valence-corrected chi connectivity index (χ4v) is 2.25. The predicted molar refractivity (Wildman–Crippen MR) is 73.8 cm³/mol. The molecule has 0 spiro atoms. The quantitative estimate of drug-likeness (QED) is 0.845. The Morgan fingerprint density at radius 3 is 2.14 bits per heavy atom. The zero-order valence-electron chi connectivity index (χ0n) is 12.0. The molecule has 3 unspecified atom stereocenters. The first-order valence-electron chi connectivity index (χ1n) is 6.76. The molecular formula is C15H20F3NO2. The van der Waals surface area contributed by atoms with Crippen molar-refractivity contribution in [1.29, 1.82) is 0 Å². The van der Waals surface area contributed by atoms with Gasteiger partial charge in [-0.25, -0.2) is 0 Å². The number of halogens is 3. The van der Waals surface area contributed by atoms with E-state index in [2.05, 4.69) is 0 Å². The monoisotopic (exact) mass is 303 g/mol. The third-order valence-electron chi connectivity index (χ3n) is 3.91. The number of rotatable bonds is 6. The smallest absolute Gasteiger partial charge is 0.416 e. The van der Waals surface area contributed by atoms with Crippen LogP contribution in [-0.4, -0.2) is 17.6 Å². The van der Waals surface area contributed by atoms with Crippen molar-refractivity contribution >= 4 is 5.97 Å². The molecule has 3 nitrogen and oxygen atoms in total. The lowest BCUT2D eigenvalue weighted by atomic mass is 9.82. The molecule has 0 fully saturated rings. The minimum Gasteiger partial charge on any atom is -0.481 e. The predicted octanol–water partition coefficient (Wildman–Crippen LogP) is 3.49. The number of hydrogen-bond acceptors (Lipinski definition) is 2. The minimum absolute atomic E-state index is 0.00591. The maximum atomic E-state index is 12.5. The van der Waals surface area contributed by atoms with Gasteiger partial charge in [0.25, 0.3) is 0 Å². The van der Waals surface area contributed by atoms with Crippen molar-refractivity contribution in [2.45, 2.75) is 32.4 Å². The van der Waals surface area contributed by atoms with E-state index in [9.17, 15) is 18.0 Å². The molecule has 0 aliphatic rings. The van der Waals surface area contributed by atoms with E-state index in [1.165, 1.54) is 12.1 Å². The summed E-state index contributed by atoms with van der Waals surface area (Å²) in [5, 5.41) is 9.00. The molecule has 1 aromatic carbocycles. The summed E-state index contributed by atoms with van der Waals surface area (Å²) < 4.78 is 37.5. The summed E-state index contributed by atoms with van der Waals surface area (Å²) in [6.07, 6.45) is -3.95. The molecule has 0 aliphatic carbocycles. The Bertz CT molecular complexity index is 471. The van der Waals surface area contributed by atoms with Gasteiger partial charge in [-0.2, -0.15) is 13.2 Å². The fourth-order valence-electron chi connectivity index (χ4n) is 2.25. The van der Waals surface area contributed by atoms with Crippen LogP contribution in [0.4, 0.5) is 13.2 Å². The third-order valence-corrected chi connectivity index (χ3v) is 3.91. The van der Waals surface area contributed by atoms with Crippen molar-refractivity contribution < 1.29 is 23.1 Å². The van der Waals surface area contributed by atoms with E-state index < -0.39 is 23.6 Å². The Morgan fingerprint density at radius 2 is 1.76 bits per heavy atom. The summed E-state index contributed by atoms with van der Waals surface area (Å²) in [6.45, 7) is 3.82. The highest BCUT2D eigenvalue weighted by atomic mass is 19.4. The Morgan fingerprint density at radius 1 is 1.24 bits per heavy atom. The Hall–Kier alpha value is -1.56. The van der Waals surface area contributed by atoms with Crippen molar-refractivity contribution in [3.63, 3.8) is 0 Å². The van der Waals surface area contributed by atoms with Crippen molar-refractivity contribution in [1.82, 2.24) is 0 Å². The largest absolute Gasteiger partial charge is 0.481 e. The molecule has 1 rings (SSSR count). The van der Waals surface area contributed by atoms with Gasteiger partial charge in [0.05, 0.1) is 11.5 Å². The van der Waals surface area contributed by atoms with Crippen LogP contribution in [-0.2, 0) is 11.0 Å². The Kier molecular flexibility index (Phi) is 5.78. The molecule has 0 amide bonds. The van der Waals surface area contributed by atoms with Crippen LogP contribution in [0.3, 0.4) is 0 Å². The molecule has 3 N–H and O–H groups in total. The van der Waals surface area contributed by atoms with Crippen LogP contribution in [0.15, 0.2) is 24.3 Å². The van der Waals surface area contributed by atoms with E-state index in [4.69, 9.17) is 10.8 Å². The highest BCUT2D eigenvalue weighted by Crippen LogP contribution is 2.33. The van der Waals surface area contributed by atoms with Crippen molar-refractivity contribution in [3.05, 3.63) is 35.4 Å².